The van der Waals surface area contributed by atoms with Gasteiger partial charge in [-0.15, -0.1) is 0 Å². The number of nitrogens with zero attached hydrogens (tertiary/aromatic N) is 2. The summed E-state index contributed by atoms with van der Waals surface area (Å²) in [5, 5.41) is 0. The first-order valence-corrected chi connectivity index (χ1v) is 10.3. The molecule has 1 aliphatic heterocycles. The van der Waals surface area contributed by atoms with Crippen LogP contribution < -0.4 is 4.74 Å². The van der Waals surface area contributed by atoms with Gasteiger partial charge in [-0.1, -0.05) is 18.2 Å². The number of hydrogen-bond acceptors (Lipinski definition) is 5. The van der Waals surface area contributed by atoms with Crippen molar-refractivity contribution >= 4 is 15.7 Å². The molecular weight excluding hydrogens is 352 g/mol. The second-order valence-electron chi connectivity index (χ2n) is 6.50. The summed E-state index contributed by atoms with van der Waals surface area (Å²) in [6, 6.07) is 10.8. The minimum Gasteiger partial charge on any atom is -0.496 e. The number of methoxy groups -OCH3 is 1. The van der Waals surface area contributed by atoms with Crippen molar-refractivity contribution in [2.45, 2.75) is 18.9 Å². The molecule has 1 unspecified atom stereocenters. The van der Waals surface area contributed by atoms with Crippen molar-refractivity contribution in [3.05, 3.63) is 59.4 Å². The van der Waals surface area contributed by atoms with Gasteiger partial charge in [0.05, 0.1) is 18.6 Å². The van der Waals surface area contributed by atoms with Gasteiger partial charge in [0.15, 0.2) is 9.84 Å². The average molecular weight is 374 g/mol. The van der Waals surface area contributed by atoms with Gasteiger partial charge in [0.25, 0.3) is 5.91 Å². The summed E-state index contributed by atoms with van der Waals surface area (Å²) in [5.74, 6) is 0.772. The van der Waals surface area contributed by atoms with E-state index in [4.69, 9.17) is 4.74 Å². The van der Waals surface area contributed by atoms with Crippen LogP contribution in [0.15, 0.2) is 42.6 Å². The van der Waals surface area contributed by atoms with Crippen molar-refractivity contribution in [3.8, 4) is 5.75 Å². The number of ether oxygens (including phenoxy) is 1. The number of aromatic nitrogens is 1. The van der Waals surface area contributed by atoms with Gasteiger partial charge in [0.2, 0.25) is 0 Å². The average Bonchev–Trinajstić information content (AvgIpc) is 3.01. The van der Waals surface area contributed by atoms with E-state index in [-0.39, 0.29) is 23.5 Å². The summed E-state index contributed by atoms with van der Waals surface area (Å²) in [5.41, 5.74) is 2.26. The molecule has 6 nitrogen and oxygen atoms in total. The summed E-state index contributed by atoms with van der Waals surface area (Å²) in [6.45, 7) is 0. The van der Waals surface area contributed by atoms with Crippen LogP contribution in [-0.2, 0) is 16.3 Å². The first-order chi connectivity index (χ1) is 12.4. The van der Waals surface area contributed by atoms with E-state index in [9.17, 15) is 13.2 Å². The molecule has 1 atom stereocenters. The number of hydrogen-bond donors (Lipinski definition) is 0. The Morgan fingerprint density at radius 3 is 2.77 bits per heavy atom. The molecule has 0 aliphatic carbocycles. The van der Waals surface area contributed by atoms with E-state index in [2.05, 4.69) is 4.98 Å². The molecule has 26 heavy (non-hydrogen) atoms. The van der Waals surface area contributed by atoms with Gasteiger partial charge in [0, 0.05) is 42.5 Å². The summed E-state index contributed by atoms with van der Waals surface area (Å²) >= 11 is 0. The summed E-state index contributed by atoms with van der Waals surface area (Å²) in [7, 11) is 0.250. The summed E-state index contributed by atoms with van der Waals surface area (Å²) in [4.78, 5) is 18.6. The fourth-order valence-corrected chi connectivity index (χ4v) is 4.98. The zero-order valence-electron chi connectivity index (χ0n) is 14.9. The molecule has 1 aromatic heterocycles. The van der Waals surface area contributed by atoms with Gasteiger partial charge in [-0.2, -0.15) is 0 Å². The van der Waals surface area contributed by atoms with Crippen LogP contribution in [0, 0.1) is 0 Å². The van der Waals surface area contributed by atoms with Crippen molar-refractivity contribution in [1.29, 1.82) is 0 Å². The third-order valence-corrected chi connectivity index (χ3v) is 6.45. The molecule has 0 bridgehead atoms. The molecule has 1 fully saturated rings. The highest BCUT2D eigenvalue weighted by Gasteiger charge is 2.33. The Hall–Kier alpha value is -2.41. The Labute approximate surface area is 153 Å². The Kier molecular flexibility index (Phi) is 5.27. The first-order valence-electron chi connectivity index (χ1n) is 8.44. The molecule has 1 amide bonds. The number of pyridine rings is 1. The number of para-hydroxylation sites is 1. The maximum Gasteiger partial charge on any atom is 0.253 e. The highest BCUT2D eigenvalue weighted by molar-refractivity contribution is 7.91. The Morgan fingerprint density at radius 1 is 1.31 bits per heavy atom. The van der Waals surface area contributed by atoms with E-state index in [1.54, 1.807) is 32.5 Å². The lowest BCUT2D eigenvalue weighted by Crippen LogP contribution is -2.37. The smallest absolute Gasteiger partial charge is 0.253 e. The lowest BCUT2D eigenvalue weighted by atomic mass is 10.1. The number of benzene rings is 1. The standard InChI is InChI=1S/C19H22N2O4S/c1-21(17-8-10-26(23,24)13-17)19(22)15-7-9-20-16(12-15)11-14-5-3-4-6-18(14)25-2/h3-7,9,12,17H,8,10-11,13H2,1-2H3. The van der Waals surface area contributed by atoms with Crippen molar-refractivity contribution < 1.29 is 17.9 Å². The zero-order chi connectivity index (χ0) is 18.7. The number of amides is 1. The number of sulfone groups is 1. The molecule has 1 saturated heterocycles. The van der Waals surface area contributed by atoms with Crippen LogP contribution >= 0.6 is 0 Å². The summed E-state index contributed by atoms with van der Waals surface area (Å²) < 4.78 is 28.7. The quantitative estimate of drug-likeness (QED) is 0.799. The van der Waals surface area contributed by atoms with E-state index in [1.165, 1.54) is 4.90 Å². The third kappa shape index (κ3) is 4.04. The lowest BCUT2D eigenvalue weighted by molar-refractivity contribution is 0.0747. The molecule has 0 N–H and O–H groups in total. The Morgan fingerprint density at radius 2 is 2.08 bits per heavy atom. The highest BCUT2D eigenvalue weighted by Crippen LogP contribution is 2.22. The molecule has 0 radical (unpaired) electrons. The molecule has 1 aromatic carbocycles. The lowest BCUT2D eigenvalue weighted by Gasteiger charge is -2.23. The van der Waals surface area contributed by atoms with Crippen LogP contribution in [0.2, 0.25) is 0 Å². The first kappa shape index (κ1) is 18.4. The van der Waals surface area contributed by atoms with Gasteiger partial charge in [-0.25, -0.2) is 8.42 Å². The molecule has 1 aliphatic rings. The van der Waals surface area contributed by atoms with Gasteiger partial charge in [-0.05, 0) is 24.6 Å². The van der Waals surface area contributed by atoms with Crippen molar-refractivity contribution in [2.24, 2.45) is 0 Å². The minimum absolute atomic E-state index is 0.0361. The molecule has 3 rings (SSSR count). The second-order valence-corrected chi connectivity index (χ2v) is 8.73. The van der Waals surface area contributed by atoms with Crippen LogP contribution in [0.5, 0.6) is 5.75 Å². The third-order valence-electron chi connectivity index (χ3n) is 4.70. The number of carbonyl (C=O) groups is 1. The van der Waals surface area contributed by atoms with Crippen molar-refractivity contribution in [2.75, 3.05) is 25.7 Å². The van der Waals surface area contributed by atoms with E-state index in [0.29, 0.717) is 18.4 Å². The molecule has 138 valence electrons. The van der Waals surface area contributed by atoms with Gasteiger partial charge in [-0.3, -0.25) is 9.78 Å². The van der Waals surface area contributed by atoms with E-state index >= 15 is 0 Å². The summed E-state index contributed by atoms with van der Waals surface area (Å²) in [6.07, 6.45) is 2.65. The van der Waals surface area contributed by atoms with Crippen LogP contribution in [0.25, 0.3) is 0 Å². The fraction of sp³-hybridized carbons (Fsp3) is 0.368. The van der Waals surface area contributed by atoms with Crippen LogP contribution in [0.3, 0.4) is 0 Å². The van der Waals surface area contributed by atoms with Crippen LogP contribution in [-0.4, -0.2) is 55.9 Å². The van der Waals surface area contributed by atoms with Gasteiger partial charge >= 0.3 is 0 Å². The van der Waals surface area contributed by atoms with Crippen LogP contribution in [0.4, 0.5) is 0 Å². The minimum atomic E-state index is -3.03. The predicted molar refractivity (Wildman–Crippen MR) is 99.2 cm³/mol. The topological polar surface area (TPSA) is 76.6 Å². The maximum absolute atomic E-state index is 12.7. The number of rotatable bonds is 5. The zero-order valence-corrected chi connectivity index (χ0v) is 15.7. The fourth-order valence-electron chi connectivity index (χ4n) is 3.20. The molecule has 7 heteroatoms. The van der Waals surface area contributed by atoms with Crippen LogP contribution in [0.1, 0.15) is 28.0 Å². The van der Waals surface area contributed by atoms with E-state index in [1.807, 2.05) is 24.3 Å². The largest absolute Gasteiger partial charge is 0.496 e. The Balaban J connectivity index is 1.77. The number of carbonyl (C=O) groups excluding carboxylic acids is 1. The second kappa shape index (κ2) is 7.45. The molecule has 2 aromatic rings. The Bertz CT molecular complexity index is 911. The highest BCUT2D eigenvalue weighted by atomic mass is 32.2. The van der Waals surface area contributed by atoms with E-state index in [0.717, 1.165) is 17.0 Å². The normalized spacial score (nSPS) is 18.5. The molecular formula is C19H22N2O4S. The predicted octanol–water partition coefficient (Wildman–Crippen LogP) is 1.94. The van der Waals surface area contributed by atoms with Gasteiger partial charge in [0.1, 0.15) is 5.75 Å². The monoisotopic (exact) mass is 374 g/mol. The SMILES string of the molecule is COc1ccccc1Cc1cc(C(=O)N(C)C2CCS(=O)(=O)C2)ccn1. The van der Waals surface area contributed by atoms with Gasteiger partial charge < -0.3 is 9.64 Å². The molecule has 2 heterocycles. The van der Waals surface area contributed by atoms with Crippen molar-refractivity contribution in [1.82, 2.24) is 9.88 Å². The molecule has 0 saturated carbocycles. The van der Waals surface area contributed by atoms with Crippen molar-refractivity contribution in [3.63, 3.8) is 0 Å². The van der Waals surface area contributed by atoms with E-state index < -0.39 is 9.84 Å². The maximum atomic E-state index is 12.7. The molecule has 0 spiro atoms.